The summed E-state index contributed by atoms with van der Waals surface area (Å²) in [4.78, 5) is 15.2. The normalized spacial score (nSPS) is 15.1. The Bertz CT molecular complexity index is 1220. The number of carbonyl (C=O) groups excluding carboxylic acids is 1. The molecule has 3 aromatic carbocycles. The summed E-state index contributed by atoms with van der Waals surface area (Å²) < 4.78 is 27.7. The molecule has 1 aliphatic heterocycles. The minimum absolute atomic E-state index is 0.0233. The SMILES string of the molecule is Cc1ccc(CN2CCC(C(=O)Nc3ccc(S(=O)(=O)Nc4ccc(Cl)cc4)cc3)CC2)cc1. The van der Waals surface area contributed by atoms with E-state index in [0.717, 1.165) is 32.5 Å². The average molecular weight is 498 g/mol. The Hall–Kier alpha value is -2.87. The first kappa shape index (κ1) is 24.3. The molecule has 4 rings (SSSR count). The second-order valence-electron chi connectivity index (χ2n) is 8.66. The molecule has 1 amide bonds. The van der Waals surface area contributed by atoms with Gasteiger partial charge in [0.15, 0.2) is 0 Å². The van der Waals surface area contributed by atoms with Gasteiger partial charge in [-0.1, -0.05) is 41.4 Å². The van der Waals surface area contributed by atoms with Crippen molar-refractivity contribution >= 4 is 38.9 Å². The van der Waals surface area contributed by atoms with Crippen LogP contribution in [0.3, 0.4) is 0 Å². The Labute approximate surface area is 206 Å². The summed E-state index contributed by atoms with van der Waals surface area (Å²) in [6, 6.07) is 21.2. The molecule has 1 saturated heterocycles. The lowest BCUT2D eigenvalue weighted by atomic mass is 9.95. The van der Waals surface area contributed by atoms with E-state index < -0.39 is 10.0 Å². The van der Waals surface area contributed by atoms with E-state index in [9.17, 15) is 13.2 Å². The van der Waals surface area contributed by atoms with Gasteiger partial charge < -0.3 is 5.32 Å². The second kappa shape index (κ2) is 10.6. The maximum absolute atomic E-state index is 12.7. The van der Waals surface area contributed by atoms with Gasteiger partial charge in [-0.25, -0.2) is 8.42 Å². The first-order chi connectivity index (χ1) is 16.3. The fourth-order valence-corrected chi connectivity index (χ4v) is 5.18. The zero-order chi connectivity index (χ0) is 24.1. The van der Waals surface area contributed by atoms with E-state index in [0.29, 0.717) is 16.4 Å². The maximum Gasteiger partial charge on any atom is 0.261 e. The molecule has 178 valence electrons. The van der Waals surface area contributed by atoms with Crippen molar-refractivity contribution in [3.05, 3.63) is 88.9 Å². The summed E-state index contributed by atoms with van der Waals surface area (Å²) in [6.45, 7) is 4.73. The molecule has 0 unspecified atom stereocenters. The van der Waals surface area contributed by atoms with Crippen molar-refractivity contribution in [2.24, 2.45) is 5.92 Å². The van der Waals surface area contributed by atoms with Crippen LogP contribution in [0.5, 0.6) is 0 Å². The van der Waals surface area contributed by atoms with Gasteiger partial charge in [0, 0.05) is 28.9 Å². The number of nitrogens with zero attached hydrogens (tertiary/aromatic N) is 1. The molecule has 34 heavy (non-hydrogen) atoms. The number of carbonyl (C=O) groups is 1. The molecule has 0 saturated carbocycles. The molecule has 3 aromatic rings. The number of hydrogen-bond acceptors (Lipinski definition) is 4. The zero-order valence-electron chi connectivity index (χ0n) is 19.0. The lowest BCUT2D eigenvalue weighted by Gasteiger charge is -2.31. The van der Waals surface area contributed by atoms with E-state index in [1.807, 2.05) is 0 Å². The molecular formula is C26H28ClN3O3S. The van der Waals surface area contributed by atoms with Crippen LogP contribution in [0.15, 0.2) is 77.7 Å². The van der Waals surface area contributed by atoms with Gasteiger partial charge in [0.05, 0.1) is 4.90 Å². The minimum Gasteiger partial charge on any atom is -0.326 e. The summed E-state index contributed by atoms with van der Waals surface area (Å²) in [5, 5.41) is 3.46. The molecule has 1 aliphatic rings. The summed E-state index contributed by atoms with van der Waals surface area (Å²) in [5.41, 5.74) is 3.55. The molecule has 0 bridgehead atoms. The highest BCUT2D eigenvalue weighted by Crippen LogP contribution is 2.23. The number of sulfonamides is 1. The van der Waals surface area contributed by atoms with E-state index in [4.69, 9.17) is 11.6 Å². The topological polar surface area (TPSA) is 78.5 Å². The van der Waals surface area contributed by atoms with Crippen LogP contribution in [0.2, 0.25) is 5.02 Å². The number of piperidine rings is 1. The van der Waals surface area contributed by atoms with Crippen LogP contribution >= 0.6 is 11.6 Å². The van der Waals surface area contributed by atoms with Crippen molar-refractivity contribution in [3.8, 4) is 0 Å². The standard InChI is InChI=1S/C26H28ClN3O3S/c1-19-2-4-20(5-3-19)18-30-16-14-21(15-17-30)26(31)28-23-10-12-25(13-11-23)34(32,33)29-24-8-6-22(27)7-9-24/h2-13,21,29H,14-18H2,1H3,(H,28,31). The molecule has 0 aliphatic carbocycles. The fraction of sp³-hybridized carbons (Fsp3) is 0.269. The van der Waals surface area contributed by atoms with Crippen LogP contribution in [0.4, 0.5) is 11.4 Å². The van der Waals surface area contributed by atoms with E-state index in [2.05, 4.69) is 46.1 Å². The number of anilines is 2. The van der Waals surface area contributed by atoms with Crippen LogP contribution in [-0.2, 0) is 21.4 Å². The molecule has 0 radical (unpaired) electrons. The Morgan fingerprint density at radius 2 is 1.50 bits per heavy atom. The zero-order valence-corrected chi connectivity index (χ0v) is 20.6. The van der Waals surface area contributed by atoms with Gasteiger partial charge in [0.2, 0.25) is 5.91 Å². The predicted molar refractivity (Wildman–Crippen MR) is 137 cm³/mol. The van der Waals surface area contributed by atoms with Gasteiger partial charge in [-0.05, 0) is 86.9 Å². The summed E-state index contributed by atoms with van der Waals surface area (Å²) in [7, 11) is -3.74. The third-order valence-electron chi connectivity index (χ3n) is 6.01. The van der Waals surface area contributed by atoms with E-state index >= 15 is 0 Å². The lowest BCUT2D eigenvalue weighted by Crippen LogP contribution is -2.37. The first-order valence-corrected chi connectivity index (χ1v) is 13.1. The number of rotatable bonds is 7. The quantitative estimate of drug-likeness (QED) is 0.464. The highest BCUT2D eigenvalue weighted by molar-refractivity contribution is 7.92. The summed E-state index contributed by atoms with van der Waals surface area (Å²) in [5.74, 6) is -0.0749. The molecular weight excluding hydrogens is 470 g/mol. The van der Waals surface area contributed by atoms with Gasteiger partial charge in [-0.15, -0.1) is 0 Å². The summed E-state index contributed by atoms with van der Waals surface area (Å²) in [6.07, 6.45) is 1.60. The smallest absolute Gasteiger partial charge is 0.261 e. The number of amides is 1. The van der Waals surface area contributed by atoms with Crippen LogP contribution < -0.4 is 10.0 Å². The van der Waals surface area contributed by atoms with E-state index in [1.54, 1.807) is 36.4 Å². The Balaban J connectivity index is 1.29. The van der Waals surface area contributed by atoms with Gasteiger partial charge in [0.1, 0.15) is 0 Å². The minimum atomic E-state index is -3.74. The third-order valence-corrected chi connectivity index (χ3v) is 7.66. The van der Waals surface area contributed by atoms with Crippen molar-refractivity contribution in [1.82, 2.24) is 4.90 Å². The number of halogens is 1. The van der Waals surface area contributed by atoms with E-state index in [1.165, 1.54) is 23.3 Å². The van der Waals surface area contributed by atoms with Crippen LogP contribution in [0.25, 0.3) is 0 Å². The third kappa shape index (κ3) is 6.38. The lowest BCUT2D eigenvalue weighted by molar-refractivity contribution is -0.121. The average Bonchev–Trinajstić information content (AvgIpc) is 2.83. The number of aryl methyl sites for hydroxylation is 1. The molecule has 8 heteroatoms. The monoisotopic (exact) mass is 497 g/mol. The Morgan fingerprint density at radius 1 is 0.912 bits per heavy atom. The second-order valence-corrected chi connectivity index (χ2v) is 10.8. The highest BCUT2D eigenvalue weighted by atomic mass is 35.5. The van der Waals surface area contributed by atoms with Crippen molar-refractivity contribution < 1.29 is 13.2 Å². The molecule has 1 fully saturated rings. The molecule has 1 heterocycles. The Morgan fingerprint density at radius 3 is 2.12 bits per heavy atom. The molecule has 0 aromatic heterocycles. The number of nitrogens with one attached hydrogen (secondary N) is 2. The maximum atomic E-state index is 12.7. The number of likely N-dealkylation sites (tertiary alicyclic amines) is 1. The highest BCUT2D eigenvalue weighted by Gasteiger charge is 2.25. The summed E-state index contributed by atoms with van der Waals surface area (Å²) >= 11 is 5.85. The van der Waals surface area contributed by atoms with Gasteiger partial charge in [-0.3, -0.25) is 14.4 Å². The van der Waals surface area contributed by atoms with Crippen LogP contribution in [0, 0.1) is 12.8 Å². The number of benzene rings is 3. The van der Waals surface area contributed by atoms with Crippen LogP contribution in [-0.4, -0.2) is 32.3 Å². The first-order valence-electron chi connectivity index (χ1n) is 11.3. The van der Waals surface area contributed by atoms with Crippen molar-refractivity contribution in [2.45, 2.75) is 31.2 Å². The molecule has 0 atom stereocenters. The van der Waals surface area contributed by atoms with Gasteiger partial charge >= 0.3 is 0 Å². The predicted octanol–water partition coefficient (Wildman–Crippen LogP) is 5.30. The molecule has 2 N–H and O–H groups in total. The number of hydrogen-bond donors (Lipinski definition) is 2. The van der Waals surface area contributed by atoms with Crippen molar-refractivity contribution in [2.75, 3.05) is 23.1 Å². The Kier molecular flexibility index (Phi) is 7.56. The fourth-order valence-electron chi connectivity index (χ4n) is 4.00. The van der Waals surface area contributed by atoms with Gasteiger partial charge in [-0.2, -0.15) is 0 Å². The van der Waals surface area contributed by atoms with Crippen LogP contribution in [0.1, 0.15) is 24.0 Å². The van der Waals surface area contributed by atoms with Crippen molar-refractivity contribution in [1.29, 1.82) is 0 Å². The van der Waals surface area contributed by atoms with E-state index in [-0.39, 0.29) is 16.7 Å². The largest absolute Gasteiger partial charge is 0.326 e. The van der Waals surface area contributed by atoms with Gasteiger partial charge in [0.25, 0.3) is 10.0 Å². The molecule has 6 nitrogen and oxygen atoms in total. The van der Waals surface area contributed by atoms with Crippen molar-refractivity contribution in [3.63, 3.8) is 0 Å². The molecule has 0 spiro atoms.